The topological polar surface area (TPSA) is 339 Å². The Kier molecular flexibility index (Phi) is 93.1. The van der Waals surface area contributed by atoms with E-state index in [9.17, 15) is 54.0 Å². The smallest absolute Gasteiger partial charge is 0.462 e. The minimum absolute atomic E-state index is 0. The van der Waals surface area contributed by atoms with Gasteiger partial charge in [-0.25, -0.2) is 4.57 Å². The summed E-state index contributed by atoms with van der Waals surface area (Å²) in [5, 5.41) is 52.3. The van der Waals surface area contributed by atoms with E-state index in [2.05, 4.69) is 52.2 Å². The maximum absolute atomic E-state index is 15.3. The molecular weight excluding hydrogens is 1740 g/mol. The summed E-state index contributed by atoms with van der Waals surface area (Å²) >= 11 is 0. The van der Waals surface area contributed by atoms with Gasteiger partial charge in [-0.1, -0.05) is 488 Å². The number of ether oxygens (including phenoxy) is 7. The molecule has 23 nitrogen and oxygen atoms in total. The van der Waals surface area contributed by atoms with E-state index < -0.39 is 162 Å². The summed E-state index contributed by atoms with van der Waals surface area (Å²) in [4.78, 5) is 108. The lowest BCUT2D eigenvalue weighted by molar-refractivity contribution is -0.285. The summed E-state index contributed by atoms with van der Waals surface area (Å²) in [5.74, 6) is -4.13. The molecule has 2 amide bonds. The van der Waals surface area contributed by atoms with Crippen LogP contribution in [-0.2, 0) is 71.0 Å². The first kappa shape index (κ1) is 135. The van der Waals surface area contributed by atoms with Crippen molar-refractivity contribution in [2.24, 2.45) is 0 Å². The van der Waals surface area contributed by atoms with Crippen molar-refractivity contribution in [2.75, 3.05) is 13.2 Å². The number of phosphoric ester groups is 1. The van der Waals surface area contributed by atoms with Gasteiger partial charge in [-0.2, -0.15) is 0 Å². The Morgan fingerprint density at radius 3 is 0.919 bits per heavy atom. The van der Waals surface area contributed by atoms with Crippen LogP contribution in [0.1, 0.15) is 584 Å². The molecule has 0 aromatic rings. The van der Waals surface area contributed by atoms with Crippen LogP contribution in [0.4, 0.5) is 0 Å². The van der Waals surface area contributed by atoms with Crippen molar-refractivity contribution in [3.8, 4) is 0 Å². The molecule has 0 saturated carbocycles. The number of phosphoric acid groups is 1. The fraction of sp³-hybridized carbons (Fsp3) is 0.946. The molecule has 2 aliphatic rings. The Hall–Kier alpha value is -3.35. The third-order valence-corrected chi connectivity index (χ3v) is 27.9. The van der Waals surface area contributed by atoms with E-state index in [1.807, 2.05) is 0 Å². The van der Waals surface area contributed by atoms with Crippen molar-refractivity contribution in [3.05, 3.63) is 0 Å². The van der Waals surface area contributed by atoms with Crippen molar-refractivity contribution >= 4 is 43.5 Å². The average molecular weight is 1960 g/mol. The number of carbonyl (C=O) groups is 6. The van der Waals surface area contributed by atoms with E-state index >= 15 is 9.59 Å². The SMILES string of the molecule is C.C.C.CCCCCCCCCCCCCCCC(=O)O[C@H](CCCCCCCCCCCCC)CC(=O)NC1[C@H](OCC2OC(C)C(NC(=O)C[C@H](O)CCCCCCCCCCCCC)[C@@H](OC(=O)C[C@H](O)CCCCCCCCCCCCC)[C@@H]2O)OC(CO)[C@@H](OP(=O)(O)O)[C@@H]1OC(=O)C[C@@H](CCCCCCCCCCCCC)OC(=O)CCCCCCCCCCCCCCC. The van der Waals surface area contributed by atoms with Gasteiger partial charge in [0, 0.05) is 12.8 Å². The van der Waals surface area contributed by atoms with Crippen molar-refractivity contribution in [3.63, 3.8) is 0 Å². The van der Waals surface area contributed by atoms with Crippen LogP contribution in [0.15, 0.2) is 0 Å². The van der Waals surface area contributed by atoms with Gasteiger partial charge >= 0.3 is 31.7 Å². The molecule has 0 bridgehead atoms. The van der Waals surface area contributed by atoms with Crippen molar-refractivity contribution in [1.82, 2.24) is 10.6 Å². The molecule has 2 aliphatic heterocycles. The largest absolute Gasteiger partial charge is 0.470 e. The lowest BCUT2D eigenvalue weighted by Crippen LogP contribution is -2.67. The third kappa shape index (κ3) is 75.4. The Morgan fingerprint density at radius 2 is 0.596 bits per heavy atom. The number of rotatable bonds is 96. The molecular formula is C112H219N2O21P. The number of aliphatic hydroxyl groups is 4. The zero-order valence-corrected chi connectivity index (χ0v) is 87.2. The summed E-state index contributed by atoms with van der Waals surface area (Å²) in [6.07, 6.45) is 60.0. The van der Waals surface area contributed by atoms with Crippen LogP contribution >= 0.6 is 7.82 Å². The molecule has 0 aliphatic carbocycles. The fourth-order valence-electron chi connectivity index (χ4n) is 19.1. The minimum Gasteiger partial charge on any atom is -0.462 e. The number of hydrogen-bond donors (Lipinski definition) is 8. The van der Waals surface area contributed by atoms with Crippen molar-refractivity contribution in [2.45, 2.75) is 670 Å². The summed E-state index contributed by atoms with van der Waals surface area (Å²) < 4.78 is 63.3. The molecule has 808 valence electrons. The van der Waals surface area contributed by atoms with Crippen LogP contribution in [-0.4, -0.2) is 165 Å². The number of unbranched alkanes of at least 4 members (excludes halogenated alkanes) is 64. The number of nitrogens with one attached hydrogen (secondary N) is 2. The van der Waals surface area contributed by atoms with E-state index in [0.717, 1.165) is 173 Å². The van der Waals surface area contributed by atoms with Crippen LogP contribution in [0.2, 0.25) is 0 Å². The molecule has 2 fully saturated rings. The van der Waals surface area contributed by atoms with Crippen molar-refractivity contribution < 1.29 is 101 Å². The van der Waals surface area contributed by atoms with E-state index in [0.29, 0.717) is 57.8 Å². The molecule has 136 heavy (non-hydrogen) atoms. The van der Waals surface area contributed by atoms with Gasteiger partial charge < -0.3 is 74.0 Å². The highest BCUT2D eigenvalue weighted by atomic mass is 31.2. The standard InChI is InChI=1S/C109H207N2O21P.3CH4/c1-8-14-20-26-32-38-44-46-52-58-64-70-76-82-99(117)127-93(80-74-68-62-56-50-42-36-30-24-18-12-5)86-98(116)111-104-108(131-102(120)87-94(81-75-69-63-57-51-43-37-31-25-19-13-6)128-100(118)83-77-71-65-59-53-47-45-39-33-27-21-15-9-2)106(132-133(122,123)124)95(88-112)129-109(104)125-89-96-105(121)107(130-101(119)85-92(114)79-73-67-61-55-49-41-35-29-23-17-11-4)103(90(7)126-96)110-97(115)84-91(113)78-72-66-60-54-48-40-34-28-22-16-10-3;;;/h90-96,103-109,112-114,121H,8-89H2,1-7H3,(H,110,115)(H,111,116)(H2,122,123,124);3*1H4/t90?,91-,92-,93-,94-,95?,96?,103?,104?,105-,106-,107-,108-,109-;;;/m1.../s1. The molecule has 2 saturated heterocycles. The predicted molar refractivity (Wildman–Crippen MR) is 558 cm³/mol. The number of aliphatic hydroxyl groups excluding tert-OH is 4. The normalized spacial score (nSPS) is 19.2. The third-order valence-electron chi connectivity index (χ3n) is 27.4. The summed E-state index contributed by atoms with van der Waals surface area (Å²) in [6.45, 7) is 13.3. The van der Waals surface area contributed by atoms with Gasteiger partial charge in [-0.15, -0.1) is 0 Å². The Bertz CT molecular complexity index is 2770. The van der Waals surface area contributed by atoms with Crippen LogP contribution in [0, 0.1) is 0 Å². The number of hydrogen-bond acceptors (Lipinski definition) is 19. The van der Waals surface area contributed by atoms with Crippen LogP contribution in [0.25, 0.3) is 0 Å². The molecule has 0 spiro atoms. The maximum atomic E-state index is 15.3. The monoisotopic (exact) mass is 1960 g/mol. The quantitative estimate of drug-likeness (QED) is 0.0121. The van der Waals surface area contributed by atoms with Gasteiger partial charge in [0.1, 0.15) is 42.7 Å². The zero-order valence-electron chi connectivity index (χ0n) is 86.3. The van der Waals surface area contributed by atoms with Crippen LogP contribution in [0.3, 0.4) is 0 Å². The molecule has 24 heteroatoms. The fourth-order valence-corrected chi connectivity index (χ4v) is 19.7. The molecule has 0 radical (unpaired) electrons. The van der Waals surface area contributed by atoms with Crippen LogP contribution in [0.5, 0.6) is 0 Å². The van der Waals surface area contributed by atoms with Gasteiger partial charge in [-0.3, -0.25) is 33.3 Å². The van der Waals surface area contributed by atoms with Gasteiger partial charge in [-0.05, 0) is 58.3 Å². The maximum Gasteiger partial charge on any atom is 0.470 e. The molecule has 8 N–H and O–H groups in total. The molecule has 0 aromatic heterocycles. The predicted octanol–water partition coefficient (Wildman–Crippen LogP) is 28.9. The van der Waals surface area contributed by atoms with E-state index in [4.69, 9.17) is 37.7 Å². The summed E-state index contributed by atoms with van der Waals surface area (Å²) in [6, 6.07) is -2.97. The summed E-state index contributed by atoms with van der Waals surface area (Å²) in [5.41, 5.74) is 0. The summed E-state index contributed by atoms with van der Waals surface area (Å²) in [7, 11) is -5.61. The second-order valence-electron chi connectivity index (χ2n) is 40.2. The number of amides is 2. The second kappa shape index (κ2) is 94.0. The van der Waals surface area contributed by atoms with Gasteiger partial charge in [0.2, 0.25) is 11.8 Å². The second-order valence-corrected chi connectivity index (χ2v) is 41.4. The highest BCUT2D eigenvalue weighted by molar-refractivity contribution is 7.46. The van der Waals surface area contributed by atoms with Crippen LogP contribution < -0.4 is 10.6 Å². The number of carbonyl (C=O) groups excluding carboxylic acids is 6. The lowest BCUT2D eigenvalue weighted by Gasteiger charge is -2.47. The average Bonchev–Trinajstić information content (AvgIpc) is 0.779. The number of esters is 4. The first-order valence-electron chi connectivity index (χ1n) is 56.3. The Balaban J connectivity index is 0. The van der Waals surface area contributed by atoms with Gasteiger partial charge in [0.05, 0.1) is 63.3 Å². The first-order chi connectivity index (χ1) is 64.6. The van der Waals surface area contributed by atoms with E-state index in [-0.39, 0.29) is 41.5 Å². The molecule has 14 atom stereocenters. The highest BCUT2D eigenvalue weighted by Gasteiger charge is 2.54. The molecule has 0 aromatic carbocycles. The minimum atomic E-state index is -5.61. The Morgan fingerprint density at radius 1 is 0.324 bits per heavy atom. The van der Waals surface area contributed by atoms with E-state index in [1.54, 1.807) is 6.92 Å². The zero-order chi connectivity index (χ0) is 97.1. The first-order valence-corrected chi connectivity index (χ1v) is 57.8. The Labute approximate surface area is 834 Å². The lowest BCUT2D eigenvalue weighted by atomic mass is 9.92. The molecule has 2 heterocycles. The van der Waals surface area contributed by atoms with Gasteiger partial charge in [0.25, 0.3) is 0 Å². The highest BCUT2D eigenvalue weighted by Crippen LogP contribution is 2.43. The molecule has 5 unspecified atom stereocenters. The van der Waals surface area contributed by atoms with Crippen molar-refractivity contribution in [1.29, 1.82) is 0 Å². The molecule has 2 rings (SSSR count). The van der Waals surface area contributed by atoms with E-state index in [1.165, 1.54) is 244 Å². The van der Waals surface area contributed by atoms with Gasteiger partial charge in [0.15, 0.2) is 18.5 Å².